The number of imidazole rings is 1. The number of thioether (sulfide) groups is 1. The van der Waals surface area contributed by atoms with Gasteiger partial charge >= 0.3 is 6.09 Å². The lowest BCUT2D eigenvalue weighted by atomic mass is 9.97. The standard InChI is InChI=1S/C73H108N18O12S/c1-41(2)30-55(65(96)84-53(26-18-28-79-71(74)75)63(94)82-36-60(92)81-37-61(93)104-39-46-20-12-11-13-21-46)86-64(95)54(27-19-29-80-72(76)77)85-66(97)56(31-42(3)4)89-70(101)62(45(9)10)91-69(100)57(32-43(5)6)87-68(99)59(34-47-35-78-40-83-47)88-67(98)58(33-44(7)8)90-73(102)103-38-52-50-24-16-14-22-48(50)49-23-15-17-25-51(49)52/h11-17,20-25,35,40-45,52-59,62H,18-19,26-34,36-39H2,1-10H3,(H,78,83)(H,81,92)(H,82,94)(H,84,96)(H,85,97)(H,86,95)(H,87,99)(H,88,98)(H,89,101)(H,90,102)(H,91,100)(H4,74,75,79)(H4,76,77,80)/t53-,54-,55-,56-,57-,58-,59-,62-/m0/s1. The van der Waals surface area contributed by atoms with Gasteiger partial charge in [0, 0.05) is 43.1 Å². The summed E-state index contributed by atoms with van der Waals surface area (Å²) in [6.07, 6.45) is 2.57. The van der Waals surface area contributed by atoms with Gasteiger partial charge in [-0.05, 0) is 109 Å². The van der Waals surface area contributed by atoms with Crippen LogP contribution in [0.2, 0.25) is 0 Å². The predicted molar refractivity (Wildman–Crippen MR) is 399 cm³/mol. The van der Waals surface area contributed by atoms with Crippen LogP contribution in [0.3, 0.4) is 0 Å². The Morgan fingerprint density at radius 2 is 0.913 bits per heavy atom. The first-order valence-corrected chi connectivity index (χ1v) is 36.4. The second kappa shape index (κ2) is 43.1. The molecule has 0 bridgehead atoms. The summed E-state index contributed by atoms with van der Waals surface area (Å²) in [4.78, 5) is 170. The lowest BCUT2D eigenvalue weighted by Gasteiger charge is -2.30. The summed E-state index contributed by atoms with van der Waals surface area (Å²) in [6, 6.07) is 14.8. The molecule has 0 radical (unpaired) electrons. The van der Waals surface area contributed by atoms with Gasteiger partial charge in [0.15, 0.2) is 11.9 Å². The number of benzene rings is 3. The number of amides is 10. The van der Waals surface area contributed by atoms with Gasteiger partial charge in [-0.1, -0.05) is 160 Å². The van der Waals surface area contributed by atoms with E-state index in [-0.39, 0.29) is 131 Å². The minimum absolute atomic E-state index is 0.00155. The van der Waals surface area contributed by atoms with Gasteiger partial charge in [0.05, 0.1) is 19.4 Å². The van der Waals surface area contributed by atoms with Gasteiger partial charge in [-0.2, -0.15) is 0 Å². The number of ether oxygens (including phenoxy) is 1. The lowest BCUT2D eigenvalue weighted by Crippen LogP contribution is -2.61. The van der Waals surface area contributed by atoms with Crippen LogP contribution >= 0.6 is 11.8 Å². The van der Waals surface area contributed by atoms with Gasteiger partial charge in [0.25, 0.3) is 0 Å². The molecule has 5 rings (SSSR count). The fraction of sp³-hybridized carbons (Fsp3) is 0.534. The highest BCUT2D eigenvalue weighted by Crippen LogP contribution is 2.44. The van der Waals surface area contributed by atoms with E-state index in [1.807, 2.05) is 120 Å². The van der Waals surface area contributed by atoms with Crippen LogP contribution in [0, 0.1) is 29.6 Å². The molecule has 0 spiro atoms. The molecule has 1 heterocycles. The molecule has 31 heteroatoms. The Hall–Kier alpha value is -10.1. The molecule has 0 aliphatic heterocycles. The number of hydrogen-bond acceptors (Lipinski definition) is 16. The van der Waals surface area contributed by atoms with Gasteiger partial charge < -0.3 is 85.8 Å². The average molecular weight is 1460 g/mol. The minimum Gasteiger partial charge on any atom is -0.449 e. The Morgan fingerprint density at radius 1 is 0.490 bits per heavy atom. The SMILES string of the molecule is CC(C)C[C@H](NC(=O)OCC1c2ccccc2-c2ccccc21)C(=O)N[C@@H](Cc1cnc[nH]1)C(=O)N[C@@H](CC(C)C)C(=O)N[C@H](C(=O)N[C@@H](CC(C)C)C(=O)N[C@@H](CCCN=C(N)N)C(=O)N[C@@H](CC(C)C)C(=O)N[C@@H](CCCN=C(N)N)C(=O)NCC(=O)NCC(=O)SCc1ccccc1)C(C)C. The molecular weight excluding hydrogens is 1350 g/mol. The van der Waals surface area contributed by atoms with E-state index < -0.39 is 120 Å². The number of alkyl carbamates (subject to hydrolysis) is 1. The summed E-state index contributed by atoms with van der Waals surface area (Å²) in [7, 11) is 0. The van der Waals surface area contributed by atoms with Crippen LogP contribution in [-0.2, 0) is 64.9 Å². The Labute approximate surface area is 613 Å². The molecule has 1 aliphatic rings. The number of carbonyl (C=O) groups excluding carboxylic acids is 11. The van der Waals surface area contributed by atoms with E-state index in [9.17, 15) is 52.7 Å². The number of rotatable bonds is 43. The molecule has 568 valence electrons. The number of aromatic nitrogens is 2. The van der Waals surface area contributed by atoms with Crippen molar-refractivity contribution in [3.63, 3.8) is 0 Å². The molecule has 1 aromatic heterocycles. The zero-order valence-corrected chi connectivity index (χ0v) is 62.1. The molecule has 1 aliphatic carbocycles. The first-order chi connectivity index (χ1) is 49.4. The number of nitrogens with one attached hydrogen (secondary N) is 11. The molecule has 0 saturated heterocycles. The monoisotopic (exact) mass is 1460 g/mol. The van der Waals surface area contributed by atoms with E-state index in [1.165, 1.54) is 12.5 Å². The van der Waals surface area contributed by atoms with E-state index in [1.54, 1.807) is 27.7 Å². The summed E-state index contributed by atoms with van der Waals surface area (Å²) >= 11 is 1.02. The van der Waals surface area contributed by atoms with Crippen molar-refractivity contribution in [3.8, 4) is 11.1 Å². The second-order valence-electron chi connectivity index (χ2n) is 28.0. The molecule has 0 fully saturated rings. The van der Waals surface area contributed by atoms with Crippen LogP contribution < -0.4 is 76.1 Å². The number of guanidine groups is 2. The maximum Gasteiger partial charge on any atom is 0.407 e. The summed E-state index contributed by atoms with van der Waals surface area (Å²) in [6.45, 7) is 17.3. The largest absolute Gasteiger partial charge is 0.449 e. The van der Waals surface area contributed by atoms with E-state index in [4.69, 9.17) is 27.7 Å². The number of H-pyrrole nitrogens is 1. The number of nitrogens with zero attached hydrogens (tertiary/aromatic N) is 3. The summed E-state index contributed by atoms with van der Waals surface area (Å²) in [5.41, 5.74) is 27.8. The van der Waals surface area contributed by atoms with Gasteiger partial charge in [0.2, 0.25) is 58.3 Å². The van der Waals surface area contributed by atoms with Crippen molar-refractivity contribution in [3.05, 3.63) is 114 Å². The van der Waals surface area contributed by atoms with E-state index in [2.05, 4.69) is 73.1 Å². The number of hydrogen-bond donors (Lipinski definition) is 15. The molecule has 19 N–H and O–H groups in total. The van der Waals surface area contributed by atoms with Crippen LogP contribution in [0.25, 0.3) is 11.1 Å². The molecule has 30 nitrogen and oxygen atoms in total. The molecule has 8 atom stereocenters. The Balaban J connectivity index is 1.29. The molecular formula is C73H108N18O12S. The van der Waals surface area contributed by atoms with Crippen molar-refractivity contribution in [2.75, 3.05) is 32.8 Å². The summed E-state index contributed by atoms with van der Waals surface area (Å²) in [5.74, 6) is -8.36. The van der Waals surface area contributed by atoms with Crippen molar-refractivity contribution >= 4 is 88.1 Å². The maximum atomic E-state index is 14.7. The lowest BCUT2D eigenvalue weighted by molar-refractivity contribution is -0.136. The number of carbonyl (C=O) groups is 11. The van der Waals surface area contributed by atoms with E-state index in [0.29, 0.717) is 11.4 Å². The zero-order chi connectivity index (χ0) is 76.6. The molecule has 104 heavy (non-hydrogen) atoms. The van der Waals surface area contributed by atoms with Gasteiger partial charge in [0.1, 0.15) is 54.9 Å². The first-order valence-electron chi connectivity index (χ1n) is 35.4. The predicted octanol–water partition coefficient (Wildman–Crippen LogP) is 2.89. The highest BCUT2D eigenvalue weighted by Gasteiger charge is 2.38. The molecule has 0 unspecified atom stereocenters. The van der Waals surface area contributed by atoms with Gasteiger partial charge in [-0.15, -0.1) is 0 Å². The van der Waals surface area contributed by atoms with Crippen molar-refractivity contribution < 1.29 is 57.5 Å². The van der Waals surface area contributed by atoms with Gasteiger partial charge in [-0.25, -0.2) is 9.78 Å². The van der Waals surface area contributed by atoms with Crippen LogP contribution in [0.15, 0.2) is 101 Å². The van der Waals surface area contributed by atoms with E-state index >= 15 is 0 Å². The maximum absolute atomic E-state index is 14.7. The fourth-order valence-corrected chi connectivity index (χ4v) is 12.4. The van der Waals surface area contributed by atoms with Crippen LogP contribution in [0.5, 0.6) is 0 Å². The Bertz CT molecular complexity index is 3520. The van der Waals surface area contributed by atoms with Crippen molar-refractivity contribution in [2.24, 2.45) is 62.5 Å². The Kier molecular flexibility index (Phi) is 35.1. The summed E-state index contributed by atoms with van der Waals surface area (Å²) < 4.78 is 5.82. The molecule has 3 aromatic carbocycles. The third kappa shape index (κ3) is 29.3. The van der Waals surface area contributed by atoms with Crippen LogP contribution in [0.1, 0.15) is 149 Å². The number of aliphatic imine (C=N–C) groups is 2. The third-order valence-corrected chi connectivity index (χ3v) is 17.7. The average Bonchev–Trinajstić information content (AvgIpc) is 1.62. The molecule has 0 saturated carbocycles. The number of fused-ring (bicyclic) bond motifs is 3. The Morgan fingerprint density at radius 3 is 1.38 bits per heavy atom. The fourth-order valence-electron chi connectivity index (χ4n) is 11.7. The zero-order valence-electron chi connectivity index (χ0n) is 61.3. The number of aromatic amines is 1. The van der Waals surface area contributed by atoms with Crippen LogP contribution in [0.4, 0.5) is 4.79 Å². The molecule has 10 amide bonds. The van der Waals surface area contributed by atoms with Crippen molar-refractivity contribution in [2.45, 2.75) is 187 Å². The second-order valence-corrected chi connectivity index (χ2v) is 29.0. The minimum atomic E-state index is -1.37. The van der Waals surface area contributed by atoms with Crippen LogP contribution in [-0.4, -0.2) is 167 Å². The topological polar surface area (TPSA) is 475 Å². The summed E-state index contributed by atoms with van der Waals surface area (Å²) in [5, 5.41) is 26.9. The van der Waals surface area contributed by atoms with E-state index in [0.717, 1.165) is 39.6 Å². The smallest absolute Gasteiger partial charge is 0.407 e. The first kappa shape index (κ1) is 84.6. The molecule has 4 aromatic rings. The number of nitrogens with two attached hydrogens (primary N) is 4. The van der Waals surface area contributed by atoms with Crippen molar-refractivity contribution in [1.82, 2.24) is 63.1 Å². The van der Waals surface area contributed by atoms with Gasteiger partial charge in [-0.3, -0.25) is 57.9 Å². The normalized spacial score (nSPS) is 14.0. The quantitative estimate of drug-likeness (QED) is 0.0172. The highest BCUT2D eigenvalue weighted by molar-refractivity contribution is 8.13. The van der Waals surface area contributed by atoms with Crippen molar-refractivity contribution in [1.29, 1.82) is 0 Å². The third-order valence-electron chi connectivity index (χ3n) is 16.8. The highest BCUT2D eigenvalue weighted by atomic mass is 32.2.